The van der Waals surface area contributed by atoms with E-state index in [2.05, 4.69) is 24.8 Å². The molecular formula is C18H15F5N4O3. The highest BCUT2D eigenvalue weighted by atomic mass is 19.3. The lowest BCUT2D eigenvalue weighted by atomic mass is 9.85. The van der Waals surface area contributed by atoms with Crippen molar-refractivity contribution in [3.8, 4) is 5.75 Å². The third-order valence-corrected chi connectivity index (χ3v) is 4.39. The van der Waals surface area contributed by atoms with E-state index in [1.54, 1.807) is 0 Å². The molecule has 3 N–H and O–H groups in total. The number of carbonyl (C=O) groups is 1. The van der Waals surface area contributed by atoms with Gasteiger partial charge in [-0.3, -0.25) is 4.79 Å². The molecule has 30 heavy (non-hydrogen) atoms. The maximum Gasteiger partial charge on any atom is 0.387 e. The van der Waals surface area contributed by atoms with Gasteiger partial charge in [0.25, 0.3) is 11.9 Å². The Hall–Kier alpha value is -3.44. The molecule has 0 saturated carbocycles. The molecule has 0 aliphatic carbocycles. The van der Waals surface area contributed by atoms with Crippen LogP contribution in [-0.4, -0.2) is 36.1 Å². The molecule has 0 bridgehead atoms. The molecule has 0 radical (unpaired) electrons. The molecule has 0 spiro atoms. The minimum atomic E-state index is -3.58. The first kappa shape index (κ1) is 21.3. The van der Waals surface area contributed by atoms with Crippen LogP contribution in [0.3, 0.4) is 0 Å². The molecule has 0 fully saturated rings. The molecule has 1 aliphatic heterocycles. The number of rotatable bonds is 5. The Balaban J connectivity index is 1.87. The van der Waals surface area contributed by atoms with E-state index >= 15 is 0 Å². The Bertz CT molecular complexity index is 984. The number of nitrogens with two attached hydrogens (primary N) is 1. The van der Waals surface area contributed by atoms with Gasteiger partial charge in [-0.2, -0.15) is 17.6 Å². The maximum atomic E-state index is 14.5. The number of hydrogen-bond acceptors (Lipinski definition) is 6. The monoisotopic (exact) mass is 430 g/mol. The van der Waals surface area contributed by atoms with Crippen LogP contribution in [0.25, 0.3) is 0 Å². The number of pyridine rings is 1. The highest BCUT2D eigenvalue weighted by Crippen LogP contribution is 2.44. The molecule has 2 aromatic rings. The molecular weight excluding hydrogens is 415 g/mol. The van der Waals surface area contributed by atoms with Gasteiger partial charge in [0.2, 0.25) is 0 Å². The summed E-state index contributed by atoms with van der Waals surface area (Å²) in [5.74, 6) is -5.61. The SMILES string of the molecule is CC1(c2cc(NC(=O)c3ccc(OC(F)F)cn3)ccc2F)N=C(N)OCC1(F)F. The van der Waals surface area contributed by atoms with Crippen LogP contribution in [0.1, 0.15) is 23.0 Å². The van der Waals surface area contributed by atoms with Gasteiger partial charge in [-0.15, -0.1) is 0 Å². The van der Waals surface area contributed by atoms with Crippen molar-refractivity contribution in [3.63, 3.8) is 0 Å². The summed E-state index contributed by atoms with van der Waals surface area (Å²) < 4.78 is 76.3. The van der Waals surface area contributed by atoms with Gasteiger partial charge in [-0.05, 0) is 37.3 Å². The molecule has 1 amide bonds. The summed E-state index contributed by atoms with van der Waals surface area (Å²) in [7, 11) is 0. The fourth-order valence-corrected chi connectivity index (χ4v) is 2.76. The quantitative estimate of drug-likeness (QED) is 0.710. The van der Waals surface area contributed by atoms with E-state index in [4.69, 9.17) is 5.73 Å². The number of amidine groups is 1. The number of halogens is 5. The van der Waals surface area contributed by atoms with E-state index in [1.807, 2.05) is 0 Å². The second-order valence-electron chi connectivity index (χ2n) is 6.42. The summed E-state index contributed by atoms with van der Waals surface area (Å²) in [5, 5.41) is 2.37. The molecule has 3 rings (SSSR count). The number of aliphatic imine (C=N–C) groups is 1. The van der Waals surface area contributed by atoms with Crippen LogP contribution in [-0.2, 0) is 10.3 Å². The van der Waals surface area contributed by atoms with Gasteiger partial charge < -0.3 is 20.5 Å². The van der Waals surface area contributed by atoms with E-state index in [9.17, 15) is 26.7 Å². The van der Waals surface area contributed by atoms with Crippen LogP contribution in [0, 0.1) is 5.82 Å². The Morgan fingerprint density at radius 1 is 1.30 bits per heavy atom. The number of benzene rings is 1. The van der Waals surface area contributed by atoms with Gasteiger partial charge >= 0.3 is 12.5 Å². The van der Waals surface area contributed by atoms with Gasteiger partial charge in [0.05, 0.1) is 6.20 Å². The molecule has 2 heterocycles. The number of amides is 1. The summed E-state index contributed by atoms with van der Waals surface area (Å²) in [4.78, 5) is 19.6. The van der Waals surface area contributed by atoms with Crippen molar-refractivity contribution in [1.29, 1.82) is 0 Å². The number of aromatic nitrogens is 1. The topological polar surface area (TPSA) is 98.8 Å². The molecule has 1 aromatic heterocycles. The van der Waals surface area contributed by atoms with Crippen molar-refractivity contribution in [1.82, 2.24) is 4.98 Å². The van der Waals surface area contributed by atoms with Crippen LogP contribution >= 0.6 is 0 Å². The molecule has 1 atom stereocenters. The largest absolute Gasteiger partial charge is 0.459 e. The van der Waals surface area contributed by atoms with Crippen molar-refractivity contribution in [2.24, 2.45) is 10.7 Å². The third-order valence-electron chi connectivity index (χ3n) is 4.39. The number of carbonyl (C=O) groups excluding carboxylic acids is 1. The molecule has 1 unspecified atom stereocenters. The first-order valence-electron chi connectivity index (χ1n) is 8.40. The zero-order valence-electron chi connectivity index (χ0n) is 15.3. The Labute approximate surface area is 166 Å². The lowest BCUT2D eigenvalue weighted by molar-refractivity contribution is -0.117. The van der Waals surface area contributed by atoms with Gasteiger partial charge in [0, 0.05) is 11.3 Å². The predicted molar refractivity (Wildman–Crippen MR) is 95.1 cm³/mol. The number of nitrogens with one attached hydrogen (secondary N) is 1. The van der Waals surface area contributed by atoms with Gasteiger partial charge in [0.15, 0.2) is 12.1 Å². The highest BCUT2D eigenvalue weighted by Gasteiger charge is 2.56. The fourth-order valence-electron chi connectivity index (χ4n) is 2.76. The first-order chi connectivity index (χ1) is 14.0. The predicted octanol–water partition coefficient (Wildman–Crippen LogP) is 3.27. The second-order valence-corrected chi connectivity index (χ2v) is 6.42. The normalized spacial score (nSPS) is 20.3. The minimum absolute atomic E-state index is 0.0246. The van der Waals surface area contributed by atoms with Gasteiger partial charge in [-0.1, -0.05) is 0 Å². The van der Waals surface area contributed by atoms with Crippen LogP contribution in [0.5, 0.6) is 5.75 Å². The average molecular weight is 430 g/mol. The van der Waals surface area contributed by atoms with Crippen LogP contribution in [0.4, 0.5) is 27.6 Å². The summed E-state index contributed by atoms with van der Waals surface area (Å²) in [6.45, 7) is -3.15. The summed E-state index contributed by atoms with van der Waals surface area (Å²) in [6.07, 6.45) is 0.915. The number of hydrogen-bond donors (Lipinski definition) is 2. The lowest BCUT2D eigenvalue weighted by Crippen LogP contribution is -2.51. The smallest absolute Gasteiger partial charge is 0.387 e. The number of nitrogens with zero attached hydrogens (tertiary/aromatic N) is 2. The van der Waals surface area contributed by atoms with Crippen molar-refractivity contribution in [2.45, 2.75) is 25.0 Å². The average Bonchev–Trinajstić information content (AvgIpc) is 2.67. The van der Waals surface area contributed by atoms with Gasteiger partial charge in [-0.25, -0.2) is 14.4 Å². The van der Waals surface area contributed by atoms with E-state index in [1.165, 1.54) is 0 Å². The van der Waals surface area contributed by atoms with Crippen molar-refractivity contribution in [3.05, 3.63) is 53.6 Å². The van der Waals surface area contributed by atoms with Crippen LogP contribution in [0.15, 0.2) is 41.5 Å². The zero-order valence-corrected chi connectivity index (χ0v) is 15.3. The Kier molecular flexibility index (Phi) is 5.51. The van der Waals surface area contributed by atoms with Crippen molar-refractivity contribution < 1.29 is 36.2 Å². The third kappa shape index (κ3) is 4.11. The standard InChI is InChI=1S/C18H15F5N4O3/c1-17(18(22,23)8-29-16(24)27-17)11-6-9(2-4-12(11)19)26-14(28)13-5-3-10(7-25-13)30-15(20)21/h2-7,15H,8H2,1H3,(H2,24,27)(H,26,28). The van der Waals surface area contributed by atoms with Gasteiger partial charge in [0.1, 0.15) is 17.3 Å². The summed E-state index contributed by atoms with van der Waals surface area (Å²) in [6, 6.07) is 4.74. The summed E-state index contributed by atoms with van der Waals surface area (Å²) >= 11 is 0. The fraction of sp³-hybridized carbons (Fsp3) is 0.278. The highest BCUT2D eigenvalue weighted by molar-refractivity contribution is 6.02. The lowest BCUT2D eigenvalue weighted by Gasteiger charge is -2.37. The number of alkyl halides is 4. The molecule has 7 nitrogen and oxygen atoms in total. The summed E-state index contributed by atoms with van der Waals surface area (Å²) in [5.41, 5.74) is 2.32. The number of anilines is 1. The van der Waals surface area contributed by atoms with E-state index in [0.717, 1.165) is 43.5 Å². The Morgan fingerprint density at radius 3 is 2.67 bits per heavy atom. The van der Waals surface area contributed by atoms with E-state index < -0.39 is 48.0 Å². The first-order valence-corrected chi connectivity index (χ1v) is 8.40. The number of ether oxygens (including phenoxy) is 2. The maximum absolute atomic E-state index is 14.5. The van der Waals surface area contributed by atoms with E-state index in [0.29, 0.717) is 0 Å². The van der Waals surface area contributed by atoms with Crippen LogP contribution < -0.4 is 15.8 Å². The Morgan fingerprint density at radius 2 is 2.03 bits per heavy atom. The van der Waals surface area contributed by atoms with Crippen molar-refractivity contribution in [2.75, 3.05) is 11.9 Å². The van der Waals surface area contributed by atoms with Crippen LogP contribution in [0.2, 0.25) is 0 Å². The zero-order chi connectivity index (χ0) is 22.1. The second kappa shape index (κ2) is 7.76. The van der Waals surface area contributed by atoms with Crippen molar-refractivity contribution >= 4 is 17.6 Å². The molecule has 1 aliphatic rings. The molecule has 1 aromatic carbocycles. The minimum Gasteiger partial charge on any atom is -0.459 e. The molecule has 0 saturated heterocycles. The molecule has 12 heteroatoms. The van der Waals surface area contributed by atoms with E-state index in [-0.39, 0.29) is 17.1 Å². The molecule has 160 valence electrons.